The van der Waals surface area contributed by atoms with Gasteiger partial charge in [-0.2, -0.15) is 0 Å². The number of halogens is 1. The van der Waals surface area contributed by atoms with Gasteiger partial charge in [0, 0.05) is 6.54 Å². The summed E-state index contributed by atoms with van der Waals surface area (Å²) in [6.45, 7) is 11.0. The van der Waals surface area contributed by atoms with E-state index in [-0.39, 0.29) is 5.91 Å². The molecule has 5 nitrogen and oxygen atoms in total. The molecule has 1 amide bonds. The fourth-order valence-corrected chi connectivity index (χ4v) is 4.99. The molecule has 0 aliphatic carbocycles. The van der Waals surface area contributed by atoms with Crippen LogP contribution in [-0.4, -0.2) is 42.0 Å². The number of methoxy groups -OCH3 is 1. The van der Waals surface area contributed by atoms with Crippen LogP contribution in [-0.2, 0) is 4.79 Å². The zero-order chi connectivity index (χ0) is 24.8. The molecule has 8 heteroatoms. The second-order valence-corrected chi connectivity index (χ2v) is 10.1. The summed E-state index contributed by atoms with van der Waals surface area (Å²) in [5.41, 5.74) is 3.01. The second kappa shape index (κ2) is 11.8. The van der Waals surface area contributed by atoms with E-state index < -0.39 is 0 Å². The van der Waals surface area contributed by atoms with E-state index in [1.54, 1.807) is 31.4 Å². The molecule has 0 aromatic heterocycles. The smallest absolute Gasteiger partial charge is 0.266 e. The van der Waals surface area contributed by atoms with Crippen molar-refractivity contribution < 1.29 is 19.0 Å². The Morgan fingerprint density at radius 3 is 2.59 bits per heavy atom. The van der Waals surface area contributed by atoms with Crippen molar-refractivity contribution in [1.82, 2.24) is 4.90 Å². The Hall–Kier alpha value is -2.48. The van der Waals surface area contributed by atoms with E-state index in [0.29, 0.717) is 57.0 Å². The van der Waals surface area contributed by atoms with Gasteiger partial charge in [-0.3, -0.25) is 9.69 Å². The van der Waals surface area contributed by atoms with E-state index in [2.05, 4.69) is 32.6 Å². The van der Waals surface area contributed by atoms with Crippen molar-refractivity contribution in [3.05, 3.63) is 69.6 Å². The molecular weight excluding hydrogens is 490 g/mol. The van der Waals surface area contributed by atoms with Gasteiger partial charge in [0.05, 0.1) is 17.0 Å². The summed E-state index contributed by atoms with van der Waals surface area (Å²) in [4.78, 5) is 14.6. The molecule has 1 saturated heterocycles. The van der Waals surface area contributed by atoms with Crippen LogP contribution in [0.1, 0.15) is 36.5 Å². The summed E-state index contributed by atoms with van der Waals surface area (Å²) < 4.78 is 17.9. The number of thiocarbonyl (C=S) groups is 1. The monoisotopic (exact) mass is 517 g/mol. The highest BCUT2D eigenvalue weighted by Gasteiger charge is 2.31. The number of amides is 1. The lowest BCUT2D eigenvalue weighted by atomic mass is 10.0. The van der Waals surface area contributed by atoms with Crippen LogP contribution in [0.2, 0.25) is 5.02 Å². The van der Waals surface area contributed by atoms with Gasteiger partial charge >= 0.3 is 0 Å². The average Bonchev–Trinajstić information content (AvgIpc) is 3.04. The van der Waals surface area contributed by atoms with Crippen molar-refractivity contribution in [2.75, 3.05) is 26.9 Å². The number of ether oxygens (including phenoxy) is 3. The minimum absolute atomic E-state index is 0.153. The first-order valence-corrected chi connectivity index (χ1v) is 12.4. The largest absolute Gasteiger partial charge is 0.493 e. The van der Waals surface area contributed by atoms with Gasteiger partial charge in [-0.05, 0) is 53.8 Å². The van der Waals surface area contributed by atoms with E-state index in [0.717, 1.165) is 16.9 Å². The number of rotatable bonds is 10. The first-order chi connectivity index (χ1) is 16.2. The highest BCUT2D eigenvalue weighted by atomic mass is 35.5. The van der Waals surface area contributed by atoms with Crippen LogP contribution in [0.4, 0.5) is 0 Å². The summed E-state index contributed by atoms with van der Waals surface area (Å²) in [5, 5.41) is 0.380. The molecule has 0 bridgehead atoms. The third kappa shape index (κ3) is 6.14. The molecule has 3 rings (SSSR count). The van der Waals surface area contributed by atoms with Crippen LogP contribution in [0.3, 0.4) is 0 Å². The Morgan fingerprint density at radius 2 is 1.91 bits per heavy atom. The number of carbonyl (C=O) groups is 1. The van der Waals surface area contributed by atoms with Crippen LogP contribution >= 0.6 is 35.6 Å². The lowest BCUT2D eigenvalue weighted by Crippen LogP contribution is -2.27. The van der Waals surface area contributed by atoms with Gasteiger partial charge in [0.15, 0.2) is 11.5 Å². The third-order valence-electron chi connectivity index (χ3n) is 5.11. The Morgan fingerprint density at radius 1 is 1.18 bits per heavy atom. The predicted octanol–water partition coefficient (Wildman–Crippen LogP) is 6.63. The maximum absolute atomic E-state index is 12.6. The van der Waals surface area contributed by atoms with Crippen LogP contribution in [0.25, 0.3) is 6.08 Å². The predicted molar refractivity (Wildman–Crippen MR) is 144 cm³/mol. The van der Waals surface area contributed by atoms with Crippen molar-refractivity contribution in [3.63, 3.8) is 0 Å². The molecule has 1 aliphatic rings. The van der Waals surface area contributed by atoms with Gasteiger partial charge in [-0.15, -0.1) is 6.58 Å². The van der Waals surface area contributed by atoms with Crippen LogP contribution in [0.15, 0.2) is 47.9 Å². The summed E-state index contributed by atoms with van der Waals surface area (Å²) in [7, 11) is 1.55. The minimum Gasteiger partial charge on any atom is -0.493 e. The second-order valence-electron chi connectivity index (χ2n) is 8.01. The van der Waals surface area contributed by atoms with Gasteiger partial charge in [0.2, 0.25) is 0 Å². The molecule has 0 N–H and O–H groups in total. The van der Waals surface area contributed by atoms with Gasteiger partial charge < -0.3 is 14.2 Å². The summed E-state index contributed by atoms with van der Waals surface area (Å²) in [6.07, 6.45) is 3.39. The molecule has 0 saturated carbocycles. The van der Waals surface area contributed by atoms with Gasteiger partial charge in [-0.25, -0.2) is 0 Å². The van der Waals surface area contributed by atoms with E-state index in [1.165, 1.54) is 16.7 Å². The van der Waals surface area contributed by atoms with Crippen molar-refractivity contribution in [2.24, 2.45) is 0 Å². The molecule has 2 aromatic rings. The summed E-state index contributed by atoms with van der Waals surface area (Å²) >= 11 is 13.0. The first kappa shape index (κ1) is 26.1. The maximum atomic E-state index is 12.6. The van der Waals surface area contributed by atoms with E-state index >= 15 is 0 Å². The topological polar surface area (TPSA) is 48.0 Å². The Kier molecular flexibility index (Phi) is 9.05. The van der Waals surface area contributed by atoms with E-state index in [9.17, 15) is 4.79 Å². The third-order valence-corrected chi connectivity index (χ3v) is 6.77. The molecule has 0 radical (unpaired) electrons. The van der Waals surface area contributed by atoms with Crippen molar-refractivity contribution >= 4 is 51.9 Å². The molecule has 1 fully saturated rings. The molecule has 0 spiro atoms. The zero-order valence-electron chi connectivity index (χ0n) is 19.7. The van der Waals surface area contributed by atoms with Crippen molar-refractivity contribution in [1.29, 1.82) is 0 Å². The quantitative estimate of drug-likeness (QED) is 0.153. The molecule has 2 aromatic carbocycles. The minimum atomic E-state index is -0.153. The van der Waals surface area contributed by atoms with Crippen molar-refractivity contribution in [3.8, 4) is 17.2 Å². The highest BCUT2D eigenvalue weighted by molar-refractivity contribution is 8.26. The summed E-state index contributed by atoms with van der Waals surface area (Å²) in [5.74, 6) is 1.96. The molecule has 0 unspecified atom stereocenters. The first-order valence-electron chi connectivity index (χ1n) is 10.8. The average molecular weight is 518 g/mol. The SMILES string of the molecule is C=CCN1C(=O)/C(=C/c2cc(Cl)c(OCCOc3cc(C)ccc3C(C)C)c(OC)c2)SC1=S. The number of nitrogens with zero attached hydrogens (tertiary/aromatic N) is 1. The van der Waals surface area contributed by atoms with Crippen molar-refractivity contribution in [2.45, 2.75) is 26.7 Å². The van der Waals surface area contributed by atoms with Crippen LogP contribution < -0.4 is 14.2 Å². The molecule has 180 valence electrons. The fourth-order valence-electron chi connectivity index (χ4n) is 3.44. The Balaban J connectivity index is 1.70. The molecular formula is C26H28ClNO4S2. The Bertz CT molecular complexity index is 1130. The zero-order valence-corrected chi connectivity index (χ0v) is 22.1. The number of hydrogen-bond acceptors (Lipinski definition) is 6. The van der Waals surface area contributed by atoms with Crippen LogP contribution in [0, 0.1) is 6.92 Å². The molecule has 1 heterocycles. The van der Waals surface area contributed by atoms with Gasteiger partial charge in [0.25, 0.3) is 5.91 Å². The fraction of sp³-hybridized carbons (Fsp3) is 0.308. The number of carbonyl (C=O) groups excluding carboxylic acids is 1. The maximum Gasteiger partial charge on any atom is 0.266 e. The standard InChI is InChI=1S/C26H28ClNO4S2/c1-6-9-28-25(29)23(34-26(28)33)15-18-13-20(27)24(22(14-18)30-5)32-11-10-31-21-12-17(4)7-8-19(21)16(2)3/h6-8,12-16H,1,9-11H2,2-5H3/b23-15-. The normalized spacial score (nSPS) is 14.8. The number of aryl methyl sites for hydroxylation is 1. The van der Waals surface area contributed by atoms with E-state index in [4.69, 9.17) is 38.0 Å². The lowest BCUT2D eigenvalue weighted by Gasteiger charge is -2.16. The number of hydrogen-bond donors (Lipinski definition) is 0. The highest BCUT2D eigenvalue weighted by Crippen LogP contribution is 2.39. The Labute approximate surface area is 215 Å². The molecule has 1 aliphatic heterocycles. The van der Waals surface area contributed by atoms with Gasteiger partial charge in [-0.1, -0.05) is 67.6 Å². The molecule has 0 atom stereocenters. The molecule has 34 heavy (non-hydrogen) atoms. The number of benzene rings is 2. The lowest BCUT2D eigenvalue weighted by molar-refractivity contribution is -0.121. The number of thioether (sulfide) groups is 1. The summed E-state index contributed by atoms with van der Waals surface area (Å²) in [6, 6.07) is 9.73. The van der Waals surface area contributed by atoms with E-state index in [1.807, 2.05) is 13.0 Å². The van der Waals surface area contributed by atoms with Gasteiger partial charge in [0.1, 0.15) is 23.3 Å². The van der Waals surface area contributed by atoms with Crippen LogP contribution in [0.5, 0.6) is 17.2 Å².